The van der Waals surface area contributed by atoms with E-state index in [0.29, 0.717) is 18.1 Å². The van der Waals surface area contributed by atoms with Gasteiger partial charge in [-0.1, -0.05) is 18.0 Å². The van der Waals surface area contributed by atoms with Gasteiger partial charge >= 0.3 is 5.97 Å². The Kier molecular flexibility index (Phi) is 3.50. The minimum atomic E-state index is -0.764. The van der Waals surface area contributed by atoms with Crippen molar-refractivity contribution in [2.75, 3.05) is 7.11 Å². The van der Waals surface area contributed by atoms with Gasteiger partial charge in [-0.25, -0.2) is 0 Å². The first-order valence-electron chi connectivity index (χ1n) is 7.28. The molecule has 0 bridgehead atoms. The van der Waals surface area contributed by atoms with Crippen molar-refractivity contribution < 1.29 is 19.2 Å². The molecule has 1 aromatic heterocycles. The van der Waals surface area contributed by atoms with Crippen molar-refractivity contribution in [2.45, 2.75) is 56.5 Å². The number of carboxylic acid groups (broad SMARTS) is 1. The largest absolute Gasteiger partial charge is 0.481 e. The molecule has 0 aromatic carbocycles. The maximum atomic E-state index is 11.4. The Balaban J connectivity index is 1.83. The van der Waals surface area contributed by atoms with E-state index in [2.05, 4.69) is 10.1 Å². The average molecular weight is 280 g/mol. The van der Waals surface area contributed by atoms with Crippen LogP contribution in [0.2, 0.25) is 0 Å². The molecule has 2 fully saturated rings. The maximum absolute atomic E-state index is 11.4. The van der Waals surface area contributed by atoms with Crippen LogP contribution < -0.4 is 0 Å². The van der Waals surface area contributed by atoms with E-state index in [9.17, 15) is 9.90 Å². The highest BCUT2D eigenvalue weighted by molar-refractivity contribution is 5.71. The topological polar surface area (TPSA) is 85.5 Å². The number of carboxylic acids is 1. The lowest BCUT2D eigenvalue weighted by molar-refractivity contribution is -0.143. The van der Waals surface area contributed by atoms with Crippen LogP contribution in [-0.4, -0.2) is 28.3 Å². The van der Waals surface area contributed by atoms with Crippen LogP contribution in [0.3, 0.4) is 0 Å². The molecule has 0 aliphatic heterocycles. The lowest BCUT2D eigenvalue weighted by Gasteiger charge is -2.37. The van der Waals surface area contributed by atoms with Gasteiger partial charge < -0.3 is 14.4 Å². The summed E-state index contributed by atoms with van der Waals surface area (Å²) in [5.41, 5.74) is -0.408. The predicted octanol–water partition coefficient (Wildman–Crippen LogP) is 2.45. The fraction of sp³-hybridized carbons (Fsp3) is 0.786. The molecule has 2 aliphatic rings. The van der Waals surface area contributed by atoms with Crippen LogP contribution in [0.15, 0.2) is 4.52 Å². The molecular weight excluding hydrogens is 260 g/mol. The molecule has 1 aromatic rings. The number of methoxy groups -OCH3 is 1. The summed E-state index contributed by atoms with van der Waals surface area (Å²) in [4.78, 5) is 15.8. The number of aromatic nitrogens is 2. The summed E-state index contributed by atoms with van der Waals surface area (Å²) in [5, 5.41) is 13.4. The first kappa shape index (κ1) is 13.5. The molecule has 110 valence electrons. The van der Waals surface area contributed by atoms with E-state index in [4.69, 9.17) is 9.26 Å². The molecule has 6 nitrogen and oxygen atoms in total. The monoisotopic (exact) mass is 280 g/mol. The molecule has 2 unspecified atom stereocenters. The van der Waals surface area contributed by atoms with Crippen LogP contribution in [0.25, 0.3) is 0 Å². The van der Waals surface area contributed by atoms with Gasteiger partial charge in [0.25, 0.3) is 0 Å². The van der Waals surface area contributed by atoms with Crippen LogP contribution >= 0.6 is 0 Å². The zero-order chi connectivity index (χ0) is 14.2. The van der Waals surface area contributed by atoms with Crippen LogP contribution in [0.4, 0.5) is 0 Å². The van der Waals surface area contributed by atoms with Crippen molar-refractivity contribution in [3.63, 3.8) is 0 Å². The zero-order valence-electron chi connectivity index (χ0n) is 11.7. The van der Waals surface area contributed by atoms with Gasteiger partial charge in [-0.15, -0.1) is 0 Å². The molecular formula is C14H20N2O4. The van der Waals surface area contributed by atoms with Gasteiger partial charge in [0.05, 0.1) is 11.8 Å². The minimum Gasteiger partial charge on any atom is -0.481 e. The Morgan fingerprint density at radius 3 is 2.70 bits per heavy atom. The summed E-state index contributed by atoms with van der Waals surface area (Å²) in [6, 6.07) is 0. The van der Waals surface area contributed by atoms with E-state index in [-0.39, 0.29) is 5.92 Å². The highest BCUT2D eigenvalue weighted by Gasteiger charge is 2.44. The molecule has 1 heterocycles. The second-order valence-corrected chi connectivity index (χ2v) is 5.84. The molecule has 2 aliphatic carbocycles. The Morgan fingerprint density at radius 1 is 1.35 bits per heavy atom. The fourth-order valence-electron chi connectivity index (χ4n) is 3.31. The molecule has 20 heavy (non-hydrogen) atoms. The van der Waals surface area contributed by atoms with Crippen molar-refractivity contribution in [1.82, 2.24) is 10.1 Å². The highest BCUT2D eigenvalue weighted by atomic mass is 16.5. The summed E-state index contributed by atoms with van der Waals surface area (Å²) in [7, 11) is 1.66. The predicted molar refractivity (Wildman–Crippen MR) is 69.2 cm³/mol. The fourth-order valence-corrected chi connectivity index (χ4v) is 3.31. The normalized spacial score (nSPS) is 28.9. The quantitative estimate of drug-likeness (QED) is 0.911. The van der Waals surface area contributed by atoms with Crippen molar-refractivity contribution in [1.29, 1.82) is 0 Å². The van der Waals surface area contributed by atoms with E-state index < -0.39 is 17.5 Å². The minimum absolute atomic E-state index is 0.156. The van der Waals surface area contributed by atoms with Crippen LogP contribution in [-0.2, 0) is 15.1 Å². The number of rotatable bonds is 4. The van der Waals surface area contributed by atoms with Crippen molar-refractivity contribution in [3.8, 4) is 0 Å². The van der Waals surface area contributed by atoms with E-state index >= 15 is 0 Å². The molecule has 2 atom stereocenters. The third kappa shape index (κ3) is 2.12. The van der Waals surface area contributed by atoms with Crippen LogP contribution in [0.1, 0.15) is 62.6 Å². The molecule has 0 radical (unpaired) electrons. The van der Waals surface area contributed by atoms with Crippen molar-refractivity contribution >= 4 is 5.97 Å². The van der Waals surface area contributed by atoms with E-state index in [1.807, 2.05) is 0 Å². The third-order valence-electron chi connectivity index (χ3n) is 4.80. The Bertz CT molecular complexity index is 490. The van der Waals surface area contributed by atoms with E-state index in [1.54, 1.807) is 7.11 Å². The van der Waals surface area contributed by atoms with Gasteiger partial charge in [-0.2, -0.15) is 4.98 Å². The zero-order valence-corrected chi connectivity index (χ0v) is 11.7. The van der Waals surface area contributed by atoms with Crippen molar-refractivity contribution in [3.05, 3.63) is 11.7 Å². The summed E-state index contributed by atoms with van der Waals surface area (Å²) < 4.78 is 10.9. The average Bonchev–Trinajstić information content (AvgIpc) is 2.88. The smallest absolute Gasteiger partial charge is 0.307 e. The standard InChI is InChI=1S/C14H20N2O4/c1-19-14(7-4-8-14)13-15-11(20-16-13)9-5-2-3-6-10(9)12(17)18/h9-10H,2-8H2,1H3,(H,17,18). The summed E-state index contributed by atoms with van der Waals surface area (Å²) in [6.07, 6.45) is 6.35. The number of hydrogen-bond acceptors (Lipinski definition) is 5. The van der Waals surface area contributed by atoms with E-state index in [0.717, 1.165) is 38.5 Å². The first-order chi connectivity index (χ1) is 9.66. The summed E-state index contributed by atoms with van der Waals surface area (Å²) in [6.45, 7) is 0. The molecule has 6 heteroatoms. The Morgan fingerprint density at radius 2 is 2.10 bits per heavy atom. The maximum Gasteiger partial charge on any atom is 0.307 e. The second-order valence-electron chi connectivity index (χ2n) is 5.84. The SMILES string of the molecule is COC1(c2noc(C3CCCCC3C(=O)O)n2)CCC1. The van der Waals surface area contributed by atoms with Gasteiger partial charge in [0.2, 0.25) is 11.7 Å². The van der Waals surface area contributed by atoms with Gasteiger partial charge in [-0.05, 0) is 32.1 Å². The number of aliphatic carboxylic acids is 1. The van der Waals surface area contributed by atoms with Gasteiger partial charge in [0.15, 0.2) is 0 Å². The van der Waals surface area contributed by atoms with Crippen molar-refractivity contribution in [2.24, 2.45) is 5.92 Å². The molecule has 3 rings (SSSR count). The number of nitrogens with zero attached hydrogens (tertiary/aromatic N) is 2. The van der Waals surface area contributed by atoms with E-state index in [1.165, 1.54) is 0 Å². The Hall–Kier alpha value is -1.43. The lowest BCUT2D eigenvalue weighted by Crippen LogP contribution is -2.37. The summed E-state index contributed by atoms with van der Waals surface area (Å²) in [5.74, 6) is -0.278. The lowest BCUT2D eigenvalue weighted by atomic mass is 9.78. The molecule has 0 saturated heterocycles. The molecule has 2 saturated carbocycles. The van der Waals surface area contributed by atoms with Gasteiger partial charge in [0, 0.05) is 7.11 Å². The number of carbonyl (C=O) groups is 1. The first-order valence-corrected chi connectivity index (χ1v) is 7.28. The summed E-state index contributed by atoms with van der Waals surface area (Å²) >= 11 is 0. The molecule has 0 spiro atoms. The number of hydrogen-bond donors (Lipinski definition) is 1. The highest BCUT2D eigenvalue weighted by Crippen LogP contribution is 2.44. The van der Waals surface area contributed by atoms with Gasteiger partial charge in [0.1, 0.15) is 5.60 Å². The number of ether oxygens (including phenoxy) is 1. The van der Waals surface area contributed by atoms with Crippen LogP contribution in [0.5, 0.6) is 0 Å². The molecule has 0 amide bonds. The van der Waals surface area contributed by atoms with Gasteiger partial charge in [-0.3, -0.25) is 4.79 Å². The van der Waals surface area contributed by atoms with Crippen LogP contribution in [0, 0.1) is 5.92 Å². The second kappa shape index (κ2) is 5.16. The Labute approximate surface area is 117 Å². The molecule has 1 N–H and O–H groups in total. The third-order valence-corrected chi connectivity index (χ3v) is 4.80.